The van der Waals surface area contributed by atoms with Crippen LogP contribution in [0.15, 0.2) is 16.6 Å². The molecule has 2 N–H and O–H groups in total. The molecule has 1 heterocycles. The number of carboxylic acids is 1. The van der Waals surface area contributed by atoms with Crippen molar-refractivity contribution in [1.82, 2.24) is 0 Å². The monoisotopic (exact) mass is 373 g/mol. The molecule has 0 radical (unpaired) electrons. The average molecular weight is 374 g/mol. The van der Waals surface area contributed by atoms with Crippen molar-refractivity contribution >= 4 is 33.5 Å². The number of ether oxygens (including phenoxy) is 3. The Morgan fingerprint density at radius 3 is 2.36 bits per heavy atom. The largest absolute Gasteiger partial charge is 0.493 e. The Morgan fingerprint density at radius 1 is 1.23 bits per heavy atom. The summed E-state index contributed by atoms with van der Waals surface area (Å²) in [6, 6.07) is 3.29. The minimum absolute atomic E-state index is 0.320. The second kappa shape index (κ2) is 6.97. The molecular weight excluding hydrogens is 358 g/mol. The number of hydrogen-bond donors (Lipinski definition) is 2. The number of hydrogen-bond acceptors (Lipinski definition) is 5. The number of carboxylic acid groups (broad SMARTS) is 1. The molecule has 1 fully saturated rings. The van der Waals surface area contributed by atoms with Gasteiger partial charge < -0.3 is 24.6 Å². The summed E-state index contributed by atoms with van der Waals surface area (Å²) in [5, 5.41) is 11.6. The molecule has 0 unspecified atom stereocenters. The molecule has 0 spiro atoms. The van der Waals surface area contributed by atoms with Gasteiger partial charge in [0.1, 0.15) is 6.10 Å². The lowest BCUT2D eigenvalue weighted by Crippen LogP contribution is -2.30. The lowest BCUT2D eigenvalue weighted by Gasteiger charge is -2.15. The molecule has 1 aromatic carbocycles. The van der Waals surface area contributed by atoms with E-state index in [0.29, 0.717) is 34.5 Å². The number of anilines is 1. The average Bonchev–Trinajstić information content (AvgIpc) is 2.99. The fourth-order valence-electron chi connectivity index (χ4n) is 2.17. The molecule has 2 rings (SSSR count). The Bertz CT molecular complexity index is 591. The number of methoxy groups -OCH3 is 2. The van der Waals surface area contributed by atoms with Crippen LogP contribution in [0.5, 0.6) is 11.5 Å². The molecule has 2 atom stereocenters. The zero-order valence-electron chi connectivity index (χ0n) is 12.1. The standard InChI is InChI=1S/C14H16BrNO6/c1-20-11-5-7(15)8(6-12(11)21-2)16-13(17)9-3-4-10(22-9)14(18)19/h5-6,9-10H,3-4H2,1-2H3,(H,16,17)(H,18,19)/t9-,10+/m0/s1. The summed E-state index contributed by atoms with van der Waals surface area (Å²) in [5.41, 5.74) is 0.491. The maximum atomic E-state index is 12.2. The van der Waals surface area contributed by atoms with Crippen LogP contribution in [0.4, 0.5) is 5.69 Å². The Labute approximate surface area is 135 Å². The topological polar surface area (TPSA) is 94.1 Å². The van der Waals surface area contributed by atoms with Crippen molar-refractivity contribution in [3.8, 4) is 11.5 Å². The van der Waals surface area contributed by atoms with E-state index in [1.807, 2.05) is 0 Å². The smallest absolute Gasteiger partial charge is 0.332 e. The maximum absolute atomic E-state index is 12.2. The number of amides is 1. The fraction of sp³-hybridized carbons (Fsp3) is 0.429. The second-order valence-corrected chi connectivity index (χ2v) is 5.56. The van der Waals surface area contributed by atoms with Gasteiger partial charge in [0.15, 0.2) is 17.6 Å². The van der Waals surface area contributed by atoms with Gasteiger partial charge in [-0.25, -0.2) is 4.79 Å². The Balaban J connectivity index is 2.10. The van der Waals surface area contributed by atoms with Gasteiger partial charge in [0.05, 0.1) is 19.9 Å². The number of carbonyl (C=O) groups is 2. The summed E-state index contributed by atoms with van der Waals surface area (Å²) in [4.78, 5) is 23.0. The molecule has 1 saturated heterocycles. The van der Waals surface area contributed by atoms with E-state index < -0.39 is 24.1 Å². The molecule has 0 aliphatic carbocycles. The second-order valence-electron chi connectivity index (χ2n) is 4.71. The van der Waals surface area contributed by atoms with Gasteiger partial charge in [-0.05, 0) is 28.8 Å². The van der Waals surface area contributed by atoms with Gasteiger partial charge in [-0.1, -0.05) is 0 Å². The zero-order valence-corrected chi connectivity index (χ0v) is 13.7. The van der Waals surface area contributed by atoms with Crippen LogP contribution >= 0.6 is 15.9 Å². The van der Waals surface area contributed by atoms with Gasteiger partial charge in [-0.2, -0.15) is 0 Å². The molecule has 8 heteroatoms. The van der Waals surface area contributed by atoms with E-state index in [2.05, 4.69) is 21.2 Å². The van der Waals surface area contributed by atoms with Crippen LogP contribution in [-0.4, -0.2) is 43.4 Å². The van der Waals surface area contributed by atoms with Gasteiger partial charge in [0.2, 0.25) is 0 Å². The van der Waals surface area contributed by atoms with Crippen LogP contribution in [0.3, 0.4) is 0 Å². The van der Waals surface area contributed by atoms with Crippen molar-refractivity contribution in [2.24, 2.45) is 0 Å². The lowest BCUT2D eigenvalue weighted by molar-refractivity contribution is -0.150. The van der Waals surface area contributed by atoms with Crippen LogP contribution in [-0.2, 0) is 14.3 Å². The molecule has 1 aliphatic rings. The van der Waals surface area contributed by atoms with Crippen LogP contribution in [0.2, 0.25) is 0 Å². The first-order valence-electron chi connectivity index (χ1n) is 6.57. The minimum Gasteiger partial charge on any atom is -0.493 e. The highest BCUT2D eigenvalue weighted by molar-refractivity contribution is 9.10. The Hall–Kier alpha value is -1.80. The van der Waals surface area contributed by atoms with E-state index in [1.54, 1.807) is 12.1 Å². The van der Waals surface area contributed by atoms with Crippen molar-refractivity contribution < 1.29 is 28.9 Å². The van der Waals surface area contributed by atoms with Gasteiger partial charge in [0, 0.05) is 16.6 Å². The molecular formula is C14H16BrNO6. The normalized spacial score (nSPS) is 20.5. The van der Waals surface area contributed by atoms with Crippen molar-refractivity contribution in [3.05, 3.63) is 16.6 Å². The van der Waals surface area contributed by atoms with Crippen LogP contribution < -0.4 is 14.8 Å². The predicted octanol–water partition coefficient (Wildman–Crippen LogP) is 2.04. The predicted molar refractivity (Wildman–Crippen MR) is 81.4 cm³/mol. The van der Waals surface area contributed by atoms with Gasteiger partial charge in [-0.3, -0.25) is 4.79 Å². The summed E-state index contributed by atoms with van der Waals surface area (Å²) in [6.45, 7) is 0. The van der Waals surface area contributed by atoms with Crippen molar-refractivity contribution in [1.29, 1.82) is 0 Å². The molecule has 1 aromatic rings. The Morgan fingerprint density at radius 2 is 1.82 bits per heavy atom. The summed E-state index contributed by atoms with van der Waals surface area (Å²) in [5.74, 6) is -0.452. The highest BCUT2D eigenvalue weighted by Gasteiger charge is 2.34. The third-order valence-electron chi connectivity index (χ3n) is 3.32. The Kier molecular flexibility index (Phi) is 5.25. The summed E-state index contributed by atoms with van der Waals surface area (Å²) >= 11 is 3.34. The molecule has 120 valence electrons. The van der Waals surface area contributed by atoms with E-state index in [4.69, 9.17) is 19.3 Å². The molecule has 22 heavy (non-hydrogen) atoms. The molecule has 1 amide bonds. The van der Waals surface area contributed by atoms with Crippen molar-refractivity contribution in [2.45, 2.75) is 25.0 Å². The summed E-state index contributed by atoms with van der Waals surface area (Å²) in [7, 11) is 3.01. The van der Waals surface area contributed by atoms with Gasteiger partial charge >= 0.3 is 5.97 Å². The SMILES string of the molecule is COc1cc(Br)c(NC(=O)[C@@H]2CC[C@H](C(=O)O)O2)cc1OC. The van der Waals surface area contributed by atoms with Crippen LogP contribution in [0.1, 0.15) is 12.8 Å². The van der Waals surface area contributed by atoms with Crippen LogP contribution in [0.25, 0.3) is 0 Å². The van der Waals surface area contributed by atoms with E-state index >= 15 is 0 Å². The van der Waals surface area contributed by atoms with E-state index in [1.165, 1.54) is 14.2 Å². The molecule has 0 saturated carbocycles. The lowest BCUT2D eigenvalue weighted by atomic mass is 10.2. The zero-order chi connectivity index (χ0) is 16.3. The first-order valence-corrected chi connectivity index (χ1v) is 7.36. The highest BCUT2D eigenvalue weighted by atomic mass is 79.9. The van der Waals surface area contributed by atoms with E-state index in [9.17, 15) is 9.59 Å². The molecule has 7 nitrogen and oxygen atoms in total. The third kappa shape index (κ3) is 3.50. The van der Waals surface area contributed by atoms with Gasteiger partial charge in [0.25, 0.3) is 5.91 Å². The molecule has 0 bridgehead atoms. The summed E-state index contributed by atoms with van der Waals surface area (Å²) < 4.78 is 16.2. The van der Waals surface area contributed by atoms with E-state index in [-0.39, 0.29) is 0 Å². The third-order valence-corrected chi connectivity index (χ3v) is 3.97. The first kappa shape index (κ1) is 16.6. The van der Waals surface area contributed by atoms with Crippen molar-refractivity contribution in [2.75, 3.05) is 19.5 Å². The number of nitrogens with one attached hydrogen (secondary N) is 1. The number of benzene rings is 1. The number of rotatable bonds is 5. The van der Waals surface area contributed by atoms with E-state index in [0.717, 1.165) is 0 Å². The number of carbonyl (C=O) groups excluding carboxylic acids is 1. The highest BCUT2D eigenvalue weighted by Crippen LogP contribution is 2.36. The minimum atomic E-state index is -1.05. The molecule has 0 aromatic heterocycles. The van der Waals surface area contributed by atoms with Crippen LogP contribution in [0, 0.1) is 0 Å². The quantitative estimate of drug-likeness (QED) is 0.819. The number of halogens is 1. The number of aliphatic carboxylic acids is 1. The van der Waals surface area contributed by atoms with Gasteiger partial charge in [-0.15, -0.1) is 0 Å². The van der Waals surface area contributed by atoms with Crippen molar-refractivity contribution in [3.63, 3.8) is 0 Å². The molecule has 1 aliphatic heterocycles. The first-order chi connectivity index (χ1) is 10.5. The maximum Gasteiger partial charge on any atom is 0.332 e. The summed E-state index contributed by atoms with van der Waals surface area (Å²) in [6.07, 6.45) is -1.01. The fourth-order valence-corrected chi connectivity index (χ4v) is 2.60.